The van der Waals surface area contributed by atoms with E-state index in [1.54, 1.807) is 17.6 Å². The normalized spacial score (nSPS) is 12.1. The van der Waals surface area contributed by atoms with Crippen molar-refractivity contribution in [1.82, 2.24) is 10.8 Å². The summed E-state index contributed by atoms with van der Waals surface area (Å²) in [5.41, 5.74) is 3.66. The van der Waals surface area contributed by atoms with Gasteiger partial charge in [-0.2, -0.15) is 0 Å². The van der Waals surface area contributed by atoms with E-state index in [0.717, 1.165) is 22.3 Å². The van der Waals surface area contributed by atoms with E-state index in [1.165, 1.54) is 14.2 Å². The lowest BCUT2D eigenvalue weighted by Crippen LogP contribution is -2.45. The van der Waals surface area contributed by atoms with Crippen LogP contribution in [0.25, 0.3) is 22.3 Å². The zero-order valence-corrected chi connectivity index (χ0v) is 16.8. The summed E-state index contributed by atoms with van der Waals surface area (Å²) in [7, 11) is 2.89. The van der Waals surface area contributed by atoms with Crippen LogP contribution < -0.4 is 10.8 Å². The molecule has 8 nitrogen and oxygen atoms in total. The molecule has 0 radical (unpaired) electrons. The summed E-state index contributed by atoms with van der Waals surface area (Å²) in [5, 5.41) is 12.5. The Kier molecular flexibility index (Phi) is 7.18. The van der Waals surface area contributed by atoms with E-state index in [0.29, 0.717) is 5.56 Å². The first-order chi connectivity index (χ1) is 14.5. The summed E-state index contributed by atoms with van der Waals surface area (Å²) in [5.74, 6) is -0.176. The van der Waals surface area contributed by atoms with Crippen LogP contribution in [-0.2, 0) is 14.3 Å². The molecule has 1 heterocycles. The number of nitrogens with one attached hydrogen (secondary N) is 2. The fourth-order valence-corrected chi connectivity index (χ4v) is 3.21. The van der Waals surface area contributed by atoms with Crippen molar-refractivity contribution in [1.29, 1.82) is 0 Å². The van der Waals surface area contributed by atoms with Crippen molar-refractivity contribution < 1.29 is 28.7 Å². The summed E-state index contributed by atoms with van der Waals surface area (Å²) in [4.78, 5) is 24.0. The number of furan rings is 1. The van der Waals surface area contributed by atoms with Crippen molar-refractivity contribution in [2.45, 2.75) is 25.2 Å². The maximum atomic E-state index is 12.7. The topological polar surface area (TPSA) is 110 Å². The van der Waals surface area contributed by atoms with Crippen LogP contribution in [0.3, 0.4) is 0 Å². The lowest BCUT2D eigenvalue weighted by Gasteiger charge is -2.25. The van der Waals surface area contributed by atoms with Crippen molar-refractivity contribution in [2.24, 2.45) is 0 Å². The van der Waals surface area contributed by atoms with Gasteiger partial charge in [0.15, 0.2) is 6.29 Å². The summed E-state index contributed by atoms with van der Waals surface area (Å²) < 4.78 is 16.3. The molecule has 3 N–H and O–H groups in total. The largest absolute Gasteiger partial charge is 0.456 e. The molecule has 0 aliphatic rings. The van der Waals surface area contributed by atoms with Crippen LogP contribution in [0.5, 0.6) is 0 Å². The van der Waals surface area contributed by atoms with Gasteiger partial charge in [0.2, 0.25) is 5.91 Å². The Morgan fingerprint density at radius 1 is 1.07 bits per heavy atom. The SMILES string of the molecule is COC(OC)[C@H](CCC(=O)NO)NC(=O)c1ccc(-c2cc3ccccc3o2)cc1. The number of hydrogen-bond acceptors (Lipinski definition) is 6. The highest BCUT2D eigenvalue weighted by atomic mass is 16.7. The van der Waals surface area contributed by atoms with Crippen molar-refractivity contribution in [3.8, 4) is 11.3 Å². The molecule has 1 aromatic heterocycles. The molecule has 0 spiro atoms. The number of para-hydroxylation sites is 1. The second kappa shape index (κ2) is 10.0. The molecule has 3 rings (SSSR count). The molecule has 0 bridgehead atoms. The molecule has 0 fully saturated rings. The van der Waals surface area contributed by atoms with Gasteiger partial charge in [0.05, 0.1) is 6.04 Å². The van der Waals surface area contributed by atoms with Crippen LogP contribution in [-0.4, -0.2) is 43.6 Å². The van der Waals surface area contributed by atoms with E-state index in [9.17, 15) is 9.59 Å². The number of carbonyl (C=O) groups excluding carboxylic acids is 2. The standard InChI is InChI=1S/C22H24N2O6/c1-28-22(29-2)17(11-12-20(25)24-27)23-21(26)15-9-7-14(8-10-15)19-13-16-5-3-4-6-18(16)30-19/h3-10,13,17,22,27H,11-12H2,1-2H3,(H,23,26)(H,24,25)/t17-/m0/s1. The van der Waals surface area contributed by atoms with Crippen molar-refractivity contribution in [3.63, 3.8) is 0 Å². The molecule has 3 aromatic rings. The lowest BCUT2D eigenvalue weighted by molar-refractivity contribution is -0.133. The van der Waals surface area contributed by atoms with Crippen molar-refractivity contribution in [2.75, 3.05) is 14.2 Å². The maximum Gasteiger partial charge on any atom is 0.251 e. The maximum absolute atomic E-state index is 12.7. The minimum Gasteiger partial charge on any atom is -0.456 e. The van der Waals surface area contributed by atoms with Gasteiger partial charge in [-0.15, -0.1) is 0 Å². The number of ether oxygens (including phenoxy) is 2. The summed E-state index contributed by atoms with van der Waals surface area (Å²) in [6, 6.07) is 16.1. The monoisotopic (exact) mass is 412 g/mol. The van der Waals surface area contributed by atoms with Gasteiger partial charge in [0, 0.05) is 37.2 Å². The second-order valence-corrected chi connectivity index (χ2v) is 6.72. The number of carbonyl (C=O) groups is 2. The Hall–Kier alpha value is -3.20. The third-order valence-corrected chi connectivity index (χ3v) is 4.77. The Morgan fingerprint density at radius 3 is 2.40 bits per heavy atom. The van der Waals surface area contributed by atoms with E-state index in [1.807, 2.05) is 42.5 Å². The van der Waals surface area contributed by atoms with E-state index in [2.05, 4.69) is 5.32 Å². The Balaban J connectivity index is 1.72. The number of hydrogen-bond donors (Lipinski definition) is 3. The molecule has 30 heavy (non-hydrogen) atoms. The van der Waals surface area contributed by atoms with Crippen LogP contribution in [0.4, 0.5) is 0 Å². The molecule has 0 saturated carbocycles. The molecular weight excluding hydrogens is 388 g/mol. The lowest BCUT2D eigenvalue weighted by atomic mass is 10.1. The van der Waals surface area contributed by atoms with Crippen molar-refractivity contribution >= 4 is 22.8 Å². The fourth-order valence-electron chi connectivity index (χ4n) is 3.21. The average molecular weight is 412 g/mol. The van der Waals surface area contributed by atoms with E-state index in [4.69, 9.17) is 19.1 Å². The highest BCUT2D eigenvalue weighted by molar-refractivity contribution is 5.95. The van der Waals surface area contributed by atoms with Crippen LogP contribution in [0.1, 0.15) is 23.2 Å². The molecule has 2 aromatic carbocycles. The molecular formula is C22H24N2O6. The smallest absolute Gasteiger partial charge is 0.251 e. The second-order valence-electron chi connectivity index (χ2n) is 6.72. The Labute approximate surface area is 173 Å². The average Bonchev–Trinajstić information content (AvgIpc) is 3.22. The molecule has 0 aliphatic carbocycles. The Bertz CT molecular complexity index is 961. The Morgan fingerprint density at radius 2 is 1.77 bits per heavy atom. The minimum absolute atomic E-state index is 0.00431. The number of hydroxylamine groups is 1. The first-order valence-electron chi connectivity index (χ1n) is 9.44. The first kappa shape index (κ1) is 21.5. The van der Waals surface area contributed by atoms with Gasteiger partial charge in [0.1, 0.15) is 11.3 Å². The molecule has 8 heteroatoms. The van der Waals surface area contributed by atoms with Crippen LogP contribution in [0.15, 0.2) is 59.0 Å². The van der Waals surface area contributed by atoms with Gasteiger partial charge in [0.25, 0.3) is 5.91 Å². The van der Waals surface area contributed by atoms with Gasteiger partial charge in [-0.3, -0.25) is 14.8 Å². The molecule has 158 valence electrons. The summed E-state index contributed by atoms with van der Waals surface area (Å²) in [6.45, 7) is 0. The van der Waals surface area contributed by atoms with E-state index < -0.39 is 18.2 Å². The van der Waals surface area contributed by atoms with Crippen LogP contribution in [0, 0.1) is 0 Å². The number of amides is 2. The van der Waals surface area contributed by atoms with E-state index in [-0.39, 0.29) is 18.7 Å². The van der Waals surface area contributed by atoms with Crippen molar-refractivity contribution in [3.05, 3.63) is 60.2 Å². The fraction of sp³-hybridized carbons (Fsp3) is 0.273. The predicted molar refractivity (Wildman–Crippen MR) is 110 cm³/mol. The van der Waals surface area contributed by atoms with Gasteiger partial charge in [-0.05, 0) is 30.7 Å². The molecule has 0 unspecified atom stereocenters. The number of methoxy groups -OCH3 is 2. The molecule has 0 aliphatic heterocycles. The third-order valence-electron chi connectivity index (χ3n) is 4.77. The van der Waals surface area contributed by atoms with Gasteiger partial charge in [-0.1, -0.05) is 30.3 Å². The van der Waals surface area contributed by atoms with E-state index >= 15 is 0 Å². The zero-order valence-electron chi connectivity index (χ0n) is 16.8. The molecule has 2 amide bonds. The van der Waals surface area contributed by atoms with Gasteiger partial charge < -0.3 is 19.2 Å². The van der Waals surface area contributed by atoms with Crippen LogP contribution in [0.2, 0.25) is 0 Å². The number of benzene rings is 2. The molecule has 0 saturated heterocycles. The third kappa shape index (κ3) is 5.04. The number of rotatable bonds is 9. The predicted octanol–water partition coefficient (Wildman–Crippen LogP) is 3.10. The quantitative estimate of drug-likeness (QED) is 0.283. The first-order valence-corrected chi connectivity index (χ1v) is 9.44. The highest BCUT2D eigenvalue weighted by Gasteiger charge is 2.24. The minimum atomic E-state index is -0.740. The summed E-state index contributed by atoms with van der Waals surface area (Å²) in [6.07, 6.45) is -0.521. The highest BCUT2D eigenvalue weighted by Crippen LogP contribution is 2.27. The number of fused-ring (bicyclic) bond motifs is 1. The zero-order chi connectivity index (χ0) is 21.5. The summed E-state index contributed by atoms with van der Waals surface area (Å²) >= 11 is 0. The van der Waals surface area contributed by atoms with Gasteiger partial charge >= 0.3 is 0 Å². The van der Waals surface area contributed by atoms with Gasteiger partial charge in [-0.25, -0.2) is 5.48 Å². The molecule has 1 atom stereocenters. The van der Waals surface area contributed by atoms with Crippen LogP contribution >= 0.6 is 0 Å².